The lowest BCUT2D eigenvalue weighted by Gasteiger charge is -2.22. The molecule has 8 heteroatoms. The Morgan fingerprint density at radius 1 is 0.912 bits per heavy atom. The molecule has 2 heterocycles. The SMILES string of the molecule is COc1ccc(-c2ccc(=O)n(CC(=O)N(Cc3ccccc3)c3ccccn3)n2)cc1OC. The van der Waals surface area contributed by atoms with Crippen LogP contribution in [-0.4, -0.2) is 34.9 Å². The van der Waals surface area contributed by atoms with E-state index in [2.05, 4.69) is 10.1 Å². The van der Waals surface area contributed by atoms with Gasteiger partial charge in [0.2, 0.25) is 5.91 Å². The maximum atomic E-state index is 13.4. The van der Waals surface area contributed by atoms with E-state index in [1.165, 1.54) is 6.07 Å². The Balaban J connectivity index is 1.64. The zero-order valence-electron chi connectivity index (χ0n) is 18.9. The summed E-state index contributed by atoms with van der Waals surface area (Å²) in [6.45, 7) is 0.0875. The van der Waals surface area contributed by atoms with Gasteiger partial charge < -0.3 is 9.47 Å². The highest BCUT2D eigenvalue weighted by Gasteiger charge is 2.19. The van der Waals surface area contributed by atoms with Crippen LogP contribution in [0.5, 0.6) is 11.5 Å². The zero-order valence-corrected chi connectivity index (χ0v) is 18.9. The quantitative estimate of drug-likeness (QED) is 0.403. The summed E-state index contributed by atoms with van der Waals surface area (Å²) in [5.41, 5.74) is 1.82. The molecular formula is C26H24N4O4. The molecule has 4 rings (SSSR count). The van der Waals surface area contributed by atoms with Crippen molar-refractivity contribution in [3.05, 3.63) is 101 Å². The van der Waals surface area contributed by atoms with Gasteiger partial charge in [0.1, 0.15) is 12.4 Å². The van der Waals surface area contributed by atoms with Gasteiger partial charge in [-0.2, -0.15) is 5.10 Å². The third kappa shape index (κ3) is 5.12. The molecule has 1 amide bonds. The number of methoxy groups -OCH3 is 2. The van der Waals surface area contributed by atoms with Gasteiger partial charge in [-0.25, -0.2) is 9.67 Å². The van der Waals surface area contributed by atoms with Crippen LogP contribution in [0.25, 0.3) is 11.3 Å². The van der Waals surface area contributed by atoms with Crippen molar-refractivity contribution >= 4 is 11.7 Å². The second-order valence-electron chi connectivity index (χ2n) is 7.44. The molecule has 0 aliphatic rings. The average molecular weight is 457 g/mol. The fraction of sp³-hybridized carbons (Fsp3) is 0.154. The van der Waals surface area contributed by atoms with Gasteiger partial charge in [0, 0.05) is 17.8 Å². The van der Waals surface area contributed by atoms with Gasteiger partial charge in [-0.15, -0.1) is 0 Å². The smallest absolute Gasteiger partial charge is 0.267 e. The van der Waals surface area contributed by atoms with Crippen molar-refractivity contribution in [2.24, 2.45) is 0 Å². The molecule has 0 aliphatic carbocycles. The molecule has 0 fully saturated rings. The van der Waals surface area contributed by atoms with Crippen LogP contribution < -0.4 is 19.9 Å². The van der Waals surface area contributed by atoms with Crippen molar-refractivity contribution in [2.75, 3.05) is 19.1 Å². The van der Waals surface area contributed by atoms with E-state index in [1.807, 2.05) is 42.5 Å². The first-order valence-electron chi connectivity index (χ1n) is 10.6. The van der Waals surface area contributed by atoms with Gasteiger partial charge in [0.05, 0.1) is 26.5 Å². The van der Waals surface area contributed by atoms with Crippen molar-refractivity contribution in [2.45, 2.75) is 13.1 Å². The van der Waals surface area contributed by atoms with Crippen LogP contribution >= 0.6 is 0 Å². The minimum atomic E-state index is -0.377. The van der Waals surface area contributed by atoms with E-state index in [9.17, 15) is 9.59 Å². The molecule has 34 heavy (non-hydrogen) atoms. The molecule has 172 valence electrons. The number of nitrogens with zero attached hydrogens (tertiary/aromatic N) is 4. The van der Waals surface area contributed by atoms with E-state index < -0.39 is 0 Å². The Hall–Kier alpha value is -4.46. The van der Waals surface area contributed by atoms with Crippen molar-refractivity contribution in [3.8, 4) is 22.8 Å². The fourth-order valence-electron chi connectivity index (χ4n) is 3.50. The zero-order chi connectivity index (χ0) is 23.9. The number of rotatable bonds is 8. The Bertz CT molecular complexity index is 1320. The highest BCUT2D eigenvalue weighted by Crippen LogP contribution is 2.31. The molecule has 0 saturated heterocycles. The summed E-state index contributed by atoms with van der Waals surface area (Å²) in [6, 6.07) is 23.3. The van der Waals surface area contributed by atoms with Crippen molar-refractivity contribution in [1.29, 1.82) is 0 Å². The number of aromatic nitrogens is 3. The molecule has 4 aromatic rings. The predicted molar refractivity (Wildman–Crippen MR) is 129 cm³/mol. The topological polar surface area (TPSA) is 86.6 Å². The minimum Gasteiger partial charge on any atom is -0.493 e. The molecule has 0 aliphatic heterocycles. The predicted octanol–water partition coefficient (Wildman–Crippen LogP) is 3.56. The minimum absolute atomic E-state index is 0.233. The second-order valence-corrected chi connectivity index (χ2v) is 7.44. The Morgan fingerprint density at radius 3 is 2.38 bits per heavy atom. The first-order chi connectivity index (χ1) is 16.6. The molecule has 0 saturated carbocycles. The van der Waals surface area contributed by atoms with Crippen LogP contribution in [0.2, 0.25) is 0 Å². The molecule has 2 aromatic carbocycles. The van der Waals surface area contributed by atoms with E-state index in [0.717, 1.165) is 15.8 Å². The number of pyridine rings is 1. The molecule has 0 bridgehead atoms. The summed E-state index contributed by atoms with van der Waals surface area (Å²) in [6.07, 6.45) is 1.63. The summed E-state index contributed by atoms with van der Waals surface area (Å²) in [5.74, 6) is 1.32. The second kappa shape index (κ2) is 10.4. The van der Waals surface area contributed by atoms with E-state index in [1.54, 1.807) is 55.6 Å². The van der Waals surface area contributed by atoms with Crippen molar-refractivity contribution in [1.82, 2.24) is 14.8 Å². The van der Waals surface area contributed by atoms with Crippen molar-refractivity contribution in [3.63, 3.8) is 0 Å². The van der Waals surface area contributed by atoms with Gasteiger partial charge in [-0.3, -0.25) is 14.5 Å². The van der Waals surface area contributed by atoms with Gasteiger partial charge in [-0.05, 0) is 42.0 Å². The maximum Gasteiger partial charge on any atom is 0.267 e. The summed E-state index contributed by atoms with van der Waals surface area (Å²) < 4.78 is 11.8. The normalized spacial score (nSPS) is 10.5. The third-order valence-electron chi connectivity index (χ3n) is 5.24. The first-order valence-corrected chi connectivity index (χ1v) is 10.6. The largest absolute Gasteiger partial charge is 0.493 e. The van der Waals surface area contributed by atoms with Gasteiger partial charge in [0.25, 0.3) is 5.56 Å². The molecule has 0 unspecified atom stereocenters. The number of amides is 1. The van der Waals surface area contributed by atoms with Crippen LogP contribution in [0.4, 0.5) is 5.82 Å². The van der Waals surface area contributed by atoms with Crippen LogP contribution in [-0.2, 0) is 17.9 Å². The van der Waals surface area contributed by atoms with Crippen LogP contribution in [0.1, 0.15) is 5.56 Å². The number of benzene rings is 2. The van der Waals surface area contributed by atoms with Crippen LogP contribution in [0.15, 0.2) is 89.9 Å². The summed E-state index contributed by atoms with van der Waals surface area (Å²) in [5, 5.41) is 4.44. The molecule has 0 spiro atoms. The lowest BCUT2D eigenvalue weighted by Crippen LogP contribution is -2.37. The number of hydrogen-bond acceptors (Lipinski definition) is 6. The van der Waals surface area contributed by atoms with Gasteiger partial charge in [-0.1, -0.05) is 36.4 Å². The Morgan fingerprint density at radius 2 is 1.68 bits per heavy atom. The van der Waals surface area contributed by atoms with E-state index in [-0.39, 0.29) is 18.0 Å². The molecule has 0 atom stereocenters. The third-order valence-corrected chi connectivity index (χ3v) is 5.24. The Labute approximate surface area is 197 Å². The summed E-state index contributed by atoms with van der Waals surface area (Å²) in [4.78, 5) is 31.8. The van der Waals surface area contributed by atoms with Gasteiger partial charge >= 0.3 is 0 Å². The Kier molecular flexibility index (Phi) is 6.98. The molecule has 2 aromatic heterocycles. The van der Waals surface area contributed by atoms with E-state index in [0.29, 0.717) is 29.6 Å². The molecule has 8 nitrogen and oxygen atoms in total. The van der Waals surface area contributed by atoms with E-state index >= 15 is 0 Å². The molecular weight excluding hydrogens is 432 g/mol. The van der Waals surface area contributed by atoms with E-state index in [4.69, 9.17) is 9.47 Å². The standard InChI is InChI=1S/C26H24N4O4/c1-33-22-13-11-20(16-23(22)34-2)21-12-14-25(31)30(28-21)18-26(32)29(24-10-6-7-15-27-24)17-19-8-4-3-5-9-19/h3-16H,17-18H2,1-2H3. The van der Waals surface area contributed by atoms with Crippen LogP contribution in [0, 0.1) is 0 Å². The van der Waals surface area contributed by atoms with Gasteiger partial charge in [0.15, 0.2) is 11.5 Å². The van der Waals surface area contributed by atoms with Crippen LogP contribution in [0.3, 0.4) is 0 Å². The average Bonchev–Trinajstić information content (AvgIpc) is 2.89. The highest BCUT2D eigenvalue weighted by atomic mass is 16.5. The molecule has 0 N–H and O–H groups in total. The monoisotopic (exact) mass is 456 g/mol. The maximum absolute atomic E-state index is 13.4. The molecule has 0 radical (unpaired) electrons. The number of hydrogen-bond donors (Lipinski definition) is 0. The van der Waals surface area contributed by atoms with Crippen molar-refractivity contribution < 1.29 is 14.3 Å². The highest BCUT2D eigenvalue weighted by molar-refractivity contribution is 5.92. The first kappa shape index (κ1) is 22.7. The lowest BCUT2D eigenvalue weighted by molar-refractivity contribution is -0.119. The fourth-order valence-corrected chi connectivity index (χ4v) is 3.50. The summed E-state index contributed by atoms with van der Waals surface area (Å²) >= 11 is 0. The lowest BCUT2D eigenvalue weighted by atomic mass is 10.1. The number of carbonyl (C=O) groups is 1. The number of carbonyl (C=O) groups excluding carboxylic acids is 1. The number of ether oxygens (including phenoxy) is 2. The number of anilines is 1. The summed E-state index contributed by atoms with van der Waals surface area (Å²) in [7, 11) is 3.11.